The molecule has 0 amide bonds. The lowest BCUT2D eigenvalue weighted by Crippen LogP contribution is -2.25. The summed E-state index contributed by atoms with van der Waals surface area (Å²) in [6.45, 7) is 1.70. The van der Waals surface area contributed by atoms with E-state index in [1.807, 2.05) is 0 Å². The fraction of sp³-hybridized carbons (Fsp3) is 0.455. The molecule has 0 aromatic heterocycles. The van der Waals surface area contributed by atoms with Crippen LogP contribution in [0.3, 0.4) is 0 Å². The van der Waals surface area contributed by atoms with Gasteiger partial charge in [0.1, 0.15) is 0 Å². The molecule has 0 radical (unpaired) electrons. The van der Waals surface area contributed by atoms with Crippen molar-refractivity contribution in [3.63, 3.8) is 0 Å². The Labute approximate surface area is 114 Å². The van der Waals surface area contributed by atoms with E-state index in [4.69, 9.17) is 0 Å². The Bertz CT molecular complexity index is 619. The zero-order chi connectivity index (χ0) is 14.7. The topological polar surface area (TPSA) is 83.5 Å². The van der Waals surface area contributed by atoms with Crippen molar-refractivity contribution in [3.05, 3.63) is 29.8 Å². The van der Waals surface area contributed by atoms with Gasteiger partial charge in [0.05, 0.1) is 10.6 Å². The van der Waals surface area contributed by atoms with Crippen molar-refractivity contribution in [2.75, 3.05) is 19.8 Å². The fourth-order valence-electron chi connectivity index (χ4n) is 1.29. The fourth-order valence-corrected chi connectivity index (χ4v) is 2.78. The third-order valence-corrected chi connectivity index (χ3v) is 5.75. The van der Waals surface area contributed by atoms with Gasteiger partial charge < -0.3 is 0 Å². The van der Waals surface area contributed by atoms with Crippen molar-refractivity contribution in [2.24, 2.45) is 0 Å². The lowest BCUT2D eigenvalue weighted by Gasteiger charge is -2.11. The summed E-state index contributed by atoms with van der Waals surface area (Å²) in [4.78, 5) is 0.180. The third kappa shape index (κ3) is 4.27. The first kappa shape index (κ1) is 16.1. The van der Waals surface area contributed by atoms with Crippen LogP contribution in [0, 0.1) is 0 Å². The standard InChI is InChI=1S/C11H18N2O4S2/c1-4-18(14,15)12-9-10-5-7-11(8-6-10)19(16,17)13(2)3/h5-8,12H,4,9H2,1-3H3. The van der Waals surface area contributed by atoms with Crippen molar-refractivity contribution in [3.8, 4) is 0 Å². The SMILES string of the molecule is CCS(=O)(=O)NCc1ccc(S(=O)(=O)N(C)C)cc1. The van der Waals surface area contributed by atoms with Gasteiger partial charge in [0.15, 0.2) is 0 Å². The zero-order valence-corrected chi connectivity index (χ0v) is 12.8. The molecule has 0 saturated heterocycles. The van der Waals surface area contributed by atoms with Gasteiger partial charge in [-0.2, -0.15) is 0 Å². The Morgan fingerprint density at radius 1 is 1.05 bits per heavy atom. The van der Waals surface area contributed by atoms with Gasteiger partial charge in [-0.05, 0) is 24.6 Å². The van der Waals surface area contributed by atoms with Crippen LogP contribution in [0.15, 0.2) is 29.2 Å². The Morgan fingerprint density at radius 2 is 1.58 bits per heavy atom. The molecule has 0 aliphatic carbocycles. The van der Waals surface area contributed by atoms with Crippen molar-refractivity contribution in [1.82, 2.24) is 9.03 Å². The van der Waals surface area contributed by atoms with Crippen LogP contribution in [0.4, 0.5) is 0 Å². The van der Waals surface area contributed by atoms with E-state index in [1.165, 1.54) is 26.2 Å². The number of benzene rings is 1. The van der Waals surface area contributed by atoms with Crippen LogP contribution in [0.25, 0.3) is 0 Å². The average molecular weight is 306 g/mol. The Balaban J connectivity index is 2.84. The number of nitrogens with zero attached hydrogens (tertiary/aromatic N) is 1. The maximum Gasteiger partial charge on any atom is 0.242 e. The third-order valence-electron chi connectivity index (χ3n) is 2.58. The Hall–Kier alpha value is -0.960. The molecule has 1 rings (SSSR count). The minimum Gasteiger partial charge on any atom is -0.212 e. The second-order valence-electron chi connectivity index (χ2n) is 4.16. The average Bonchev–Trinajstić information content (AvgIpc) is 2.37. The normalized spacial score (nSPS) is 12.8. The van der Waals surface area contributed by atoms with Crippen molar-refractivity contribution >= 4 is 20.0 Å². The molecule has 0 heterocycles. The van der Waals surface area contributed by atoms with Gasteiger partial charge in [-0.25, -0.2) is 25.9 Å². The second kappa shape index (κ2) is 6.00. The van der Waals surface area contributed by atoms with Gasteiger partial charge in [0.25, 0.3) is 0 Å². The van der Waals surface area contributed by atoms with Gasteiger partial charge in [0.2, 0.25) is 20.0 Å². The van der Waals surface area contributed by atoms with E-state index in [0.717, 1.165) is 4.31 Å². The van der Waals surface area contributed by atoms with Crippen LogP contribution in [-0.4, -0.2) is 41.0 Å². The summed E-state index contributed by atoms with van der Waals surface area (Å²) >= 11 is 0. The molecule has 1 N–H and O–H groups in total. The van der Waals surface area contributed by atoms with Crippen LogP contribution in [0.1, 0.15) is 12.5 Å². The van der Waals surface area contributed by atoms with E-state index in [1.54, 1.807) is 19.1 Å². The molecule has 0 aliphatic heterocycles. The van der Waals surface area contributed by atoms with E-state index in [-0.39, 0.29) is 17.2 Å². The summed E-state index contributed by atoms with van der Waals surface area (Å²) in [6.07, 6.45) is 0. The molecule has 0 bridgehead atoms. The van der Waals surface area contributed by atoms with E-state index in [0.29, 0.717) is 5.56 Å². The highest BCUT2D eigenvalue weighted by Crippen LogP contribution is 2.13. The highest BCUT2D eigenvalue weighted by molar-refractivity contribution is 7.89. The van der Waals surface area contributed by atoms with Crippen LogP contribution in [0.2, 0.25) is 0 Å². The lowest BCUT2D eigenvalue weighted by atomic mass is 10.2. The van der Waals surface area contributed by atoms with Gasteiger partial charge >= 0.3 is 0 Å². The summed E-state index contributed by atoms with van der Waals surface area (Å²) < 4.78 is 49.7. The highest BCUT2D eigenvalue weighted by Gasteiger charge is 2.16. The first-order chi connectivity index (χ1) is 8.69. The number of hydrogen-bond donors (Lipinski definition) is 1. The molecular weight excluding hydrogens is 288 g/mol. The van der Waals surface area contributed by atoms with Crippen molar-refractivity contribution in [1.29, 1.82) is 0 Å². The van der Waals surface area contributed by atoms with Gasteiger partial charge in [-0.3, -0.25) is 0 Å². The molecule has 0 atom stereocenters. The zero-order valence-electron chi connectivity index (χ0n) is 11.1. The quantitative estimate of drug-likeness (QED) is 0.823. The summed E-state index contributed by atoms with van der Waals surface area (Å²) in [6, 6.07) is 6.11. The first-order valence-corrected chi connectivity index (χ1v) is 8.77. The summed E-state index contributed by atoms with van der Waals surface area (Å²) in [5.41, 5.74) is 0.703. The van der Waals surface area contributed by atoms with E-state index < -0.39 is 20.0 Å². The van der Waals surface area contributed by atoms with Crippen molar-refractivity contribution in [2.45, 2.75) is 18.4 Å². The largest absolute Gasteiger partial charge is 0.242 e. The molecule has 0 saturated carbocycles. The molecule has 108 valence electrons. The molecule has 6 nitrogen and oxygen atoms in total. The molecule has 1 aromatic carbocycles. The van der Waals surface area contributed by atoms with Crippen LogP contribution < -0.4 is 4.72 Å². The molecule has 19 heavy (non-hydrogen) atoms. The van der Waals surface area contributed by atoms with Crippen LogP contribution >= 0.6 is 0 Å². The van der Waals surface area contributed by atoms with Gasteiger partial charge in [-0.1, -0.05) is 12.1 Å². The maximum atomic E-state index is 11.8. The van der Waals surface area contributed by atoms with Crippen LogP contribution in [0.5, 0.6) is 0 Å². The first-order valence-electron chi connectivity index (χ1n) is 5.68. The molecule has 1 aromatic rings. The van der Waals surface area contributed by atoms with Crippen LogP contribution in [-0.2, 0) is 26.6 Å². The number of hydrogen-bond acceptors (Lipinski definition) is 4. The Kier molecular flexibility index (Phi) is 5.08. The molecule has 0 unspecified atom stereocenters. The monoisotopic (exact) mass is 306 g/mol. The summed E-state index contributed by atoms with van der Waals surface area (Å²) in [5, 5.41) is 0. The highest BCUT2D eigenvalue weighted by atomic mass is 32.2. The predicted octanol–water partition coefficient (Wildman–Crippen LogP) is 0.376. The second-order valence-corrected chi connectivity index (χ2v) is 8.40. The van der Waals surface area contributed by atoms with Crippen molar-refractivity contribution < 1.29 is 16.8 Å². The molecular formula is C11H18N2O4S2. The van der Waals surface area contributed by atoms with Gasteiger partial charge in [-0.15, -0.1) is 0 Å². The molecule has 0 fully saturated rings. The van der Waals surface area contributed by atoms with E-state index in [9.17, 15) is 16.8 Å². The minimum absolute atomic E-state index is 0.0140. The minimum atomic E-state index is -3.45. The summed E-state index contributed by atoms with van der Waals surface area (Å²) in [7, 11) is -3.78. The smallest absolute Gasteiger partial charge is 0.212 e. The van der Waals surface area contributed by atoms with E-state index >= 15 is 0 Å². The number of nitrogens with one attached hydrogen (secondary N) is 1. The van der Waals surface area contributed by atoms with E-state index in [2.05, 4.69) is 4.72 Å². The number of rotatable bonds is 6. The summed E-state index contributed by atoms with van der Waals surface area (Å²) in [5.74, 6) is 0.0140. The molecule has 0 aliphatic rings. The van der Waals surface area contributed by atoms with Gasteiger partial charge in [0, 0.05) is 20.6 Å². The molecule has 0 spiro atoms. The molecule has 8 heteroatoms. The lowest BCUT2D eigenvalue weighted by molar-refractivity contribution is 0.520. The maximum absolute atomic E-state index is 11.8. The Morgan fingerprint density at radius 3 is 2.00 bits per heavy atom. The number of sulfonamides is 2. The predicted molar refractivity (Wildman–Crippen MR) is 73.6 cm³/mol.